The summed E-state index contributed by atoms with van der Waals surface area (Å²) < 4.78 is 7.17. The van der Waals surface area contributed by atoms with E-state index in [2.05, 4.69) is 20.7 Å². The first-order valence-electron chi connectivity index (χ1n) is 6.36. The molecule has 0 amide bonds. The number of nitrogens with zero attached hydrogens (tertiary/aromatic N) is 3. The summed E-state index contributed by atoms with van der Waals surface area (Å²) in [6.45, 7) is 5.99. The molecule has 0 aliphatic rings. The predicted octanol–water partition coefficient (Wildman–Crippen LogP) is 1.09. The lowest BCUT2D eigenvalue weighted by molar-refractivity contribution is 0.152. The summed E-state index contributed by atoms with van der Waals surface area (Å²) in [5.41, 5.74) is 0. The first-order chi connectivity index (χ1) is 8.86. The minimum atomic E-state index is 0. The number of aromatic nitrogens is 2. The number of aliphatic imine (C=N–C) groups is 1. The van der Waals surface area contributed by atoms with E-state index >= 15 is 0 Å². The fourth-order valence-corrected chi connectivity index (χ4v) is 1.49. The average Bonchev–Trinajstić information content (AvgIpc) is 2.90. The Labute approximate surface area is 132 Å². The molecule has 1 aromatic rings. The number of nitrogens with one attached hydrogen (secondary N) is 2. The summed E-state index contributed by atoms with van der Waals surface area (Å²) in [7, 11) is 1.77. The molecule has 0 aliphatic heterocycles. The van der Waals surface area contributed by atoms with Gasteiger partial charge >= 0.3 is 0 Å². The molecule has 19 heavy (non-hydrogen) atoms. The molecular weight excluding hydrogens is 357 g/mol. The fourth-order valence-electron chi connectivity index (χ4n) is 1.49. The zero-order valence-corrected chi connectivity index (χ0v) is 14.0. The van der Waals surface area contributed by atoms with E-state index in [1.807, 2.05) is 23.9 Å². The van der Waals surface area contributed by atoms with Crippen LogP contribution in [0.1, 0.15) is 13.3 Å². The van der Waals surface area contributed by atoms with Gasteiger partial charge in [0, 0.05) is 45.7 Å². The number of guanidine groups is 1. The molecule has 0 fully saturated rings. The van der Waals surface area contributed by atoms with E-state index in [1.165, 1.54) is 0 Å². The third-order valence-corrected chi connectivity index (χ3v) is 2.38. The van der Waals surface area contributed by atoms with Crippen LogP contribution in [0, 0.1) is 0 Å². The van der Waals surface area contributed by atoms with Gasteiger partial charge in [-0.2, -0.15) is 5.10 Å². The molecule has 0 saturated heterocycles. The van der Waals surface area contributed by atoms with Gasteiger partial charge < -0.3 is 15.4 Å². The number of halogens is 1. The van der Waals surface area contributed by atoms with Gasteiger partial charge in [-0.1, -0.05) is 0 Å². The molecule has 1 heterocycles. The summed E-state index contributed by atoms with van der Waals surface area (Å²) in [4.78, 5) is 4.14. The van der Waals surface area contributed by atoms with Crippen molar-refractivity contribution in [1.82, 2.24) is 20.4 Å². The summed E-state index contributed by atoms with van der Waals surface area (Å²) >= 11 is 0. The minimum absolute atomic E-state index is 0. The van der Waals surface area contributed by atoms with Crippen molar-refractivity contribution in [2.24, 2.45) is 4.99 Å². The van der Waals surface area contributed by atoms with Gasteiger partial charge in [-0.15, -0.1) is 24.0 Å². The zero-order chi connectivity index (χ0) is 13.1. The highest BCUT2D eigenvalue weighted by molar-refractivity contribution is 14.0. The maximum atomic E-state index is 5.25. The molecule has 7 heteroatoms. The molecule has 6 nitrogen and oxygen atoms in total. The van der Waals surface area contributed by atoms with E-state index in [0.29, 0.717) is 6.61 Å². The molecular formula is C12H24IN5O. The lowest BCUT2D eigenvalue weighted by Gasteiger charge is -2.11. The highest BCUT2D eigenvalue weighted by Gasteiger charge is 1.96. The van der Waals surface area contributed by atoms with Gasteiger partial charge in [-0.25, -0.2) is 0 Å². The monoisotopic (exact) mass is 381 g/mol. The van der Waals surface area contributed by atoms with Crippen LogP contribution < -0.4 is 10.6 Å². The van der Waals surface area contributed by atoms with Crippen molar-refractivity contribution in [3.05, 3.63) is 18.5 Å². The molecule has 0 bridgehead atoms. The normalized spacial score (nSPS) is 10.9. The van der Waals surface area contributed by atoms with Gasteiger partial charge in [-0.05, 0) is 19.4 Å². The smallest absolute Gasteiger partial charge is 0.191 e. The van der Waals surface area contributed by atoms with Crippen molar-refractivity contribution in [2.75, 3.05) is 33.4 Å². The van der Waals surface area contributed by atoms with Crippen LogP contribution in [0.5, 0.6) is 0 Å². The lowest BCUT2D eigenvalue weighted by atomic mass is 10.4. The van der Waals surface area contributed by atoms with Crippen LogP contribution in [0.25, 0.3) is 0 Å². The van der Waals surface area contributed by atoms with E-state index in [0.717, 1.165) is 38.6 Å². The maximum absolute atomic E-state index is 5.25. The molecule has 0 aliphatic carbocycles. The molecule has 0 unspecified atom stereocenters. The van der Waals surface area contributed by atoms with Crippen molar-refractivity contribution < 1.29 is 4.74 Å². The number of ether oxygens (including phenoxy) is 1. The minimum Gasteiger partial charge on any atom is -0.380 e. The number of aryl methyl sites for hydroxylation is 1. The van der Waals surface area contributed by atoms with Crippen LogP contribution in [-0.2, 0) is 11.3 Å². The van der Waals surface area contributed by atoms with E-state index in [4.69, 9.17) is 4.74 Å². The first kappa shape index (κ1) is 18.2. The Morgan fingerprint density at radius 2 is 2.16 bits per heavy atom. The highest BCUT2D eigenvalue weighted by atomic mass is 127. The van der Waals surface area contributed by atoms with E-state index in [-0.39, 0.29) is 24.0 Å². The summed E-state index contributed by atoms with van der Waals surface area (Å²) in [5.74, 6) is 0.815. The van der Waals surface area contributed by atoms with Crippen molar-refractivity contribution in [3.63, 3.8) is 0 Å². The van der Waals surface area contributed by atoms with Crippen LogP contribution >= 0.6 is 24.0 Å². The van der Waals surface area contributed by atoms with Crippen molar-refractivity contribution in [3.8, 4) is 0 Å². The second-order valence-electron chi connectivity index (χ2n) is 3.75. The fraction of sp³-hybridized carbons (Fsp3) is 0.667. The lowest BCUT2D eigenvalue weighted by Crippen LogP contribution is -2.39. The Morgan fingerprint density at radius 3 is 2.79 bits per heavy atom. The van der Waals surface area contributed by atoms with Crippen molar-refractivity contribution >= 4 is 29.9 Å². The Morgan fingerprint density at radius 1 is 1.37 bits per heavy atom. The van der Waals surface area contributed by atoms with Crippen molar-refractivity contribution in [2.45, 2.75) is 19.9 Å². The Balaban J connectivity index is 0.00000324. The predicted molar refractivity (Wildman–Crippen MR) is 88.1 cm³/mol. The van der Waals surface area contributed by atoms with Crippen LogP contribution in [0.3, 0.4) is 0 Å². The van der Waals surface area contributed by atoms with Crippen LogP contribution in [0.2, 0.25) is 0 Å². The molecule has 0 atom stereocenters. The topological polar surface area (TPSA) is 63.5 Å². The van der Waals surface area contributed by atoms with Gasteiger partial charge in [0.15, 0.2) is 5.96 Å². The summed E-state index contributed by atoms with van der Waals surface area (Å²) in [5, 5.41) is 10.6. The summed E-state index contributed by atoms with van der Waals surface area (Å²) in [6, 6.07) is 1.93. The van der Waals surface area contributed by atoms with E-state index in [1.54, 1.807) is 13.2 Å². The molecule has 1 rings (SSSR count). The van der Waals surface area contributed by atoms with Gasteiger partial charge in [0.1, 0.15) is 0 Å². The Bertz CT molecular complexity index is 329. The number of rotatable bonds is 8. The summed E-state index contributed by atoms with van der Waals surface area (Å²) in [6.07, 6.45) is 4.77. The Hall–Kier alpha value is -0.830. The molecule has 0 saturated carbocycles. The van der Waals surface area contributed by atoms with Gasteiger partial charge in [0.25, 0.3) is 0 Å². The second kappa shape index (κ2) is 12.2. The third kappa shape index (κ3) is 8.82. The number of hydrogen-bond donors (Lipinski definition) is 2. The number of hydrogen-bond acceptors (Lipinski definition) is 3. The van der Waals surface area contributed by atoms with E-state index < -0.39 is 0 Å². The second-order valence-corrected chi connectivity index (χ2v) is 3.75. The Kier molecular flexibility index (Phi) is 11.7. The molecule has 0 spiro atoms. The molecule has 1 aromatic heterocycles. The first-order valence-corrected chi connectivity index (χ1v) is 6.36. The standard InChI is InChI=1S/C12H23N5O.HI/c1-3-18-11-8-15-12(13-2)14-6-4-9-17-10-5-7-16-17;/h5,7,10H,3-4,6,8-9,11H2,1-2H3,(H2,13,14,15);1H. The van der Waals surface area contributed by atoms with Crippen LogP contribution in [0.4, 0.5) is 0 Å². The molecule has 0 aromatic carbocycles. The molecule has 110 valence electrons. The maximum Gasteiger partial charge on any atom is 0.191 e. The average molecular weight is 381 g/mol. The third-order valence-electron chi connectivity index (χ3n) is 2.38. The van der Waals surface area contributed by atoms with Crippen molar-refractivity contribution in [1.29, 1.82) is 0 Å². The quantitative estimate of drug-likeness (QED) is 0.306. The van der Waals surface area contributed by atoms with Gasteiger partial charge in [0.2, 0.25) is 0 Å². The zero-order valence-electron chi connectivity index (χ0n) is 11.6. The van der Waals surface area contributed by atoms with Gasteiger partial charge in [0.05, 0.1) is 6.61 Å². The van der Waals surface area contributed by atoms with E-state index in [9.17, 15) is 0 Å². The largest absolute Gasteiger partial charge is 0.380 e. The molecule has 0 radical (unpaired) electrons. The van der Waals surface area contributed by atoms with Crippen LogP contribution in [-0.4, -0.2) is 49.1 Å². The molecule has 2 N–H and O–H groups in total. The van der Waals surface area contributed by atoms with Gasteiger partial charge in [-0.3, -0.25) is 9.67 Å². The SMILES string of the molecule is CCOCCNC(=NC)NCCCn1cccn1.I. The van der Waals surface area contributed by atoms with Crippen LogP contribution in [0.15, 0.2) is 23.5 Å². The highest BCUT2D eigenvalue weighted by Crippen LogP contribution is 1.87.